The molecule has 0 radical (unpaired) electrons. The van der Waals surface area contributed by atoms with Crippen molar-refractivity contribution in [1.29, 1.82) is 0 Å². The predicted octanol–water partition coefficient (Wildman–Crippen LogP) is 5.41. The van der Waals surface area contributed by atoms with Crippen LogP contribution in [0, 0.1) is 0 Å². The molecule has 0 amide bonds. The van der Waals surface area contributed by atoms with E-state index in [0.29, 0.717) is 0 Å². The molecule has 0 atom stereocenters. The molecule has 1 aromatic heterocycles. The van der Waals surface area contributed by atoms with Gasteiger partial charge >= 0.3 is 150 Å². The Morgan fingerprint density at radius 3 is 1.20 bits per heavy atom. The average Bonchev–Trinajstić information content (AvgIpc) is 2.72. The molecule has 0 fully saturated rings. The molecule has 4 aromatic rings. The van der Waals surface area contributed by atoms with Gasteiger partial charge in [0.15, 0.2) is 0 Å². The minimum atomic E-state index is -0.328. The molecule has 0 N–H and O–H groups in total. The summed E-state index contributed by atoms with van der Waals surface area (Å²) in [5, 5.41) is 0. The molecule has 118 valence electrons. The number of rotatable bonds is 4. The van der Waals surface area contributed by atoms with Crippen molar-refractivity contribution < 1.29 is 0 Å². The molecule has 0 saturated heterocycles. The van der Waals surface area contributed by atoms with E-state index in [2.05, 4.69) is 122 Å². The van der Waals surface area contributed by atoms with Crippen molar-refractivity contribution >= 4 is 6.91 Å². The van der Waals surface area contributed by atoms with Crippen LogP contribution in [0.1, 0.15) is 22.1 Å². The van der Waals surface area contributed by atoms with E-state index in [4.69, 9.17) is 0 Å². The van der Waals surface area contributed by atoms with Gasteiger partial charge in [-0.2, -0.15) is 0 Å². The van der Waals surface area contributed by atoms with E-state index < -0.39 is 0 Å². The molecule has 25 heavy (non-hydrogen) atoms. The van der Waals surface area contributed by atoms with E-state index in [-0.39, 0.29) is 5.41 Å². The van der Waals surface area contributed by atoms with Crippen molar-refractivity contribution in [2.24, 2.45) is 0 Å². The molecule has 0 unspecified atom stereocenters. The van der Waals surface area contributed by atoms with E-state index in [1.165, 1.54) is 22.1 Å². The molecule has 1 heterocycles. The Balaban J connectivity index is 2.13. The molecule has 0 aliphatic carbocycles. The Morgan fingerprint density at radius 1 is 0.440 bits per heavy atom. The van der Waals surface area contributed by atoms with Crippen LogP contribution in [0.15, 0.2) is 115 Å². The second-order valence-electron chi connectivity index (χ2n) is 6.21. The molecule has 3 aromatic carbocycles. The Hall–Kier alpha value is -2.93. The van der Waals surface area contributed by atoms with Crippen molar-refractivity contribution in [3.05, 3.63) is 137 Å². The molecule has 0 nitrogen and oxygen atoms in total. The summed E-state index contributed by atoms with van der Waals surface area (Å²) in [6.45, 7) is 2.23. The summed E-state index contributed by atoms with van der Waals surface area (Å²) in [5.41, 5.74) is 4.78. The van der Waals surface area contributed by atoms with Gasteiger partial charge in [0.1, 0.15) is 0 Å². The summed E-state index contributed by atoms with van der Waals surface area (Å²) < 4.78 is 0. The molecule has 0 saturated carbocycles. The van der Waals surface area contributed by atoms with Gasteiger partial charge < -0.3 is 0 Å². The molecule has 0 aliphatic heterocycles. The normalized spacial score (nSPS) is 11.0. The summed E-state index contributed by atoms with van der Waals surface area (Å²) in [5.74, 6) is 2.12. The van der Waals surface area contributed by atoms with Gasteiger partial charge in [-0.1, -0.05) is 0 Å². The summed E-state index contributed by atoms with van der Waals surface area (Å²) in [6, 6.07) is 38.8. The first kappa shape index (κ1) is 15.6. The van der Waals surface area contributed by atoms with Gasteiger partial charge in [0.05, 0.1) is 0 Å². The molecule has 0 spiro atoms. The second-order valence-corrected chi connectivity index (χ2v) is 6.21. The van der Waals surface area contributed by atoms with Crippen molar-refractivity contribution in [2.75, 3.05) is 0 Å². The van der Waals surface area contributed by atoms with Crippen LogP contribution in [0.3, 0.4) is 0 Å². The van der Waals surface area contributed by atoms with Crippen molar-refractivity contribution in [1.82, 2.24) is 0 Å². The van der Waals surface area contributed by atoms with Crippen LogP contribution in [0.25, 0.3) is 0 Å². The maximum absolute atomic E-state index is 2.23. The van der Waals surface area contributed by atoms with Gasteiger partial charge in [0.2, 0.25) is 0 Å². The van der Waals surface area contributed by atoms with Gasteiger partial charge in [-0.3, -0.25) is 0 Å². The van der Waals surface area contributed by atoms with Crippen molar-refractivity contribution in [3.8, 4) is 0 Å². The van der Waals surface area contributed by atoms with Crippen LogP contribution in [-0.4, -0.2) is 6.91 Å². The topological polar surface area (TPSA) is 0 Å². The Morgan fingerprint density at radius 2 is 0.840 bits per heavy atom. The van der Waals surface area contributed by atoms with Crippen LogP contribution in [0.5, 0.6) is 0 Å². The van der Waals surface area contributed by atoms with E-state index in [0.717, 1.165) is 0 Å². The summed E-state index contributed by atoms with van der Waals surface area (Å²) in [6.07, 6.45) is 0. The number of hydrogen-bond acceptors (Lipinski definition) is 0. The molecule has 0 aliphatic rings. The van der Waals surface area contributed by atoms with E-state index in [1.54, 1.807) is 0 Å². The fraction of sp³-hybridized carbons (Fsp3) is 0.0417. The number of benzene rings is 3. The van der Waals surface area contributed by atoms with Gasteiger partial charge in [-0.25, -0.2) is 0 Å². The summed E-state index contributed by atoms with van der Waals surface area (Å²) in [4.78, 5) is 0. The molecular formula is C24H19B. The first-order valence-corrected chi connectivity index (χ1v) is 8.64. The van der Waals surface area contributed by atoms with Crippen LogP contribution >= 0.6 is 0 Å². The first-order chi connectivity index (χ1) is 12.4. The zero-order chi connectivity index (χ0) is 17.0. The van der Waals surface area contributed by atoms with Crippen LogP contribution in [-0.2, 0) is 5.41 Å². The maximum atomic E-state index is 2.23. The monoisotopic (exact) mass is 318 g/mol. The van der Waals surface area contributed by atoms with Crippen molar-refractivity contribution in [3.63, 3.8) is 0 Å². The third kappa shape index (κ3) is 2.72. The molecular weight excluding hydrogens is 299 g/mol. The third-order valence-corrected chi connectivity index (χ3v) is 4.83. The Bertz CT molecular complexity index is 753. The first-order valence-electron chi connectivity index (χ1n) is 8.64. The van der Waals surface area contributed by atoms with Crippen LogP contribution in [0.2, 0.25) is 0 Å². The Labute approximate surface area is 150 Å². The minimum absolute atomic E-state index is 0.328. The zero-order valence-corrected chi connectivity index (χ0v) is 14.0. The SMILES string of the molecule is b1ccccc1C(c1ccccc1)(c1ccccc1)c1ccccc1. The van der Waals surface area contributed by atoms with Crippen LogP contribution in [0.4, 0.5) is 0 Å². The zero-order valence-electron chi connectivity index (χ0n) is 14.0. The fourth-order valence-corrected chi connectivity index (χ4v) is 3.75. The average molecular weight is 318 g/mol. The van der Waals surface area contributed by atoms with Gasteiger partial charge in [0, 0.05) is 0 Å². The number of hydrogen-bond donors (Lipinski definition) is 0. The third-order valence-electron chi connectivity index (χ3n) is 4.83. The van der Waals surface area contributed by atoms with E-state index >= 15 is 0 Å². The van der Waals surface area contributed by atoms with Gasteiger partial charge in [-0.05, 0) is 0 Å². The summed E-state index contributed by atoms with van der Waals surface area (Å²) in [7, 11) is 0. The Kier molecular flexibility index (Phi) is 4.31. The fourth-order valence-electron chi connectivity index (χ4n) is 3.75. The molecule has 1 heteroatoms. The predicted molar refractivity (Wildman–Crippen MR) is 106 cm³/mol. The molecule has 0 bridgehead atoms. The summed E-state index contributed by atoms with van der Waals surface area (Å²) >= 11 is 0. The van der Waals surface area contributed by atoms with Gasteiger partial charge in [-0.15, -0.1) is 0 Å². The second kappa shape index (κ2) is 6.90. The molecule has 4 rings (SSSR count). The standard InChI is InChI=1S/C24H19B/c1-4-12-20(13-5-1)24(21-14-6-2-7-15-21,22-16-8-3-9-17-22)23-18-10-11-19-25-23/h1-19H. The quantitative estimate of drug-likeness (QED) is 0.442. The van der Waals surface area contributed by atoms with E-state index in [1.807, 2.05) is 0 Å². The van der Waals surface area contributed by atoms with E-state index in [9.17, 15) is 0 Å². The van der Waals surface area contributed by atoms with Crippen LogP contribution < -0.4 is 0 Å². The van der Waals surface area contributed by atoms with Crippen molar-refractivity contribution in [2.45, 2.75) is 5.41 Å². The van der Waals surface area contributed by atoms with Gasteiger partial charge in [0.25, 0.3) is 0 Å².